The van der Waals surface area contributed by atoms with Crippen LogP contribution in [0.3, 0.4) is 0 Å². The van der Waals surface area contributed by atoms with E-state index in [9.17, 15) is 4.79 Å². The molecule has 1 aromatic carbocycles. The van der Waals surface area contributed by atoms with Crippen molar-refractivity contribution in [3.8, 4) is 11.3 Å². The SMILES string of the molecule is Cl.O=C(c1cc(-c2ccccc2Cl)n[nH]1)N1CC[C@@H]2CNC[C@@H]2CC1. The molecule has 2 aliphatic heterocycles. The van der Waals surface area contributed by atoms with E-state index >= 15 is 0 Å². The molecule has 2 atom stereocenters. The van der Waals surface area contributed by atoms with Crippen LogP contribution in [0, 0.1) is 11.8 Å². The van der Waals surface area contributed by atoms with Crippen LogP contribution >= 0.6 is 24.0 Å². The summed E-state index contributed by atoms with van der Waals surface area (Å²) in [4.78, 5) is 14.8. The minimum atomic E-state index is 0. The highest BCUT2D eigenvalue weighted by molar-refractivity contribution is 6.33. The van der Waals surface area contributed by atoms with Crippen LogP contribution in [-0.2, 0) is 0 Å². The Morgan fingerprint density at radius 1 is 1.16 bits per heavy atom. The maximum absolute atomic E-state index is 12.8. The maximum Gasteiger partial charge on any atom is 0.271 e. The summed E-state index contributed by atoms with van der Waals surface area (Å²) in [6.07, 6.45) is 2.16. The predicted molar refractivity (Wildman–Crippen MR) is 101 cm³/mol. The van der Waals surface area contributed by atoms with Gasteiger partial charge in [-0.1, -0.05) is 29.8 Å². The zero-order chi connectivity index (χ0) is 16.5. The van der Waals surface area contributed by atoms with E-state index in [0.29, 0.717) is 28.2 Å². The third-order valence-corrected chi connectivity index (χ3v) is 5.59. The summed E-state index contributed by atoms with van der Waals surface area (Å²) in [6, 6.07) is 9.34. The van der Waals surface area contributed by atoms with E-state index in [1.54, 1.807) is 6.07 Å². The lowest BCUT2D eigenvalue weighted by atomic mass is 9.92. The quantitative estimate of drug-likeness (QED) is 0.840. The van der Waals surface area contributed by atoms with Gasteiger partial charge in [-0.15, -0.1) is 12.4 Å². The highest BCUT2D eigenvalue weighted by atomic mass is 35.5. The Hall–Kier alpha value is -1.56. The number of benzene rings is 1. The van der Waals surface area contributed by atoms with E-state index in [1.165, 1.54) is 0 Å². The minimum absolute atomic E-state index is 0. The van der Waals surface area contributed by atoms with Crippen molar-refractivity contribution in [2.45, 2.75) is 12.8 Å². The summed E-state index contributed by atoms with van der Waals surface area (Å²) in [6.45, 7) is 3.82. The second-order valence-corrected chi connectivity index (χ2v) is 7.10. The first-order valence-corrected chi connectivity index (χ1v) is 8.90. The monoisotopic (exact) mass is 380 g/mol. The number of amides is 1. The Balaban J connectivity index is 0.00000182. The minimum Gasteiger partial charge on any atom is -0.337 e. The number of rotatable bonds is 2. The van der Waals surface area contributed by atoms with Gasteiger partial charge in [0, 0.05) is 18.7 Å². The molecule has 0 saturated carbocycles. The predicted octanol–water partition coefficient (Wildman–Crippen LogP) is 3.22. The second-order valence-electron chi connectivity index (χ2n) is 6.69. The van der Waals surface area contributed by atoms with Gasteiger partial charge in [-0.2, -0.15) is 5.10 Å². The number of likely N-dealkylation sites (tertiary alicyclic amines) is 1. The van der Waals surface area contributed by atoms with Gasteiger partial charge in [0.1, 0.15) is 5.69 Å². The maximum atomic E-state index is 12.8. The average molecular weight is 381 g/mol. The first kappa shape index (κ1) is 18.2. The van der Waals surface area contributed by atoms with Gasteiger partial charge in [-0.25, -0.2) is 0 Å². The van der Waals surface area contributed by atoms with Crippen LogP contribution in [0.2, 0.25) is 5.02 Å². The van der Waals surface area contributed by atoms with Crippen molar-refractivity contribution in [2.75, 3.05) is 26.2 Å². The lowest BCUT2D eigenvalue weighted by Crippen LogP contribution is -2.33. The number of hydrogen-bond acceptors (Lipinski definition) is 3. The molecule has 2 aromatic rings. The molecule has 0 radical (unpaired) electrons. The molecule has 4 rings (SSSR count). The molecule has 25 heavy (non-hydrogen) atoms. The Morgan fingerprint density at radius 3 is 2.52 bits per heavy atom. The van der Waals surface area contributed by atoms with Crippen molar-refractivity contribution in [1.82, 2.24) is 20.4 Å². The smallest absolute Gasteiger partial charge is 0.271 e. The van der Waals surface area contributed by atoms with Crippen molar-refractivity contribution in [3.05, 3.63) is 41.0 Å². The molecule has 3 heterocycles. The van der Waals surface area contributed by atoms with Gasteiger partial charge < -0.3 is 10.2 Å². The Morgan fingerprint density at radius 2 is 1.84 bits per heavy atom. The molecule has 0 bridgehead atoms. The number of halogens is 2. The Kier molecular flexibility index (Phi) is 5.67. The van der Waals surface area contributed by atoms with Crippen LogP contribution < -0.4 is 5.32 Å². The molecular formula is C18H22Cl2N4O. The van der Waals surface area contributed by atoms with Crippen molar-refractivity contribution in [1.29, 1.82) is 0 Å². The number of hydrogen-bond donors (Lipinski definition) is 2. The standard InChI is InChI=1S/C18H21ClN4O.ClH/c19-15-4-2-1-3-14(15)16-9-17(22-21-16)18(24)23-7-5-12-10-20-11-13(12)6-8-23;/h1-4,9,12-13,20H,5-8,10-11H2,(H,21,22);1H/t12-,13+;. The van der Waals surface area contributed by atoms with E-state index in [1.807, 2.05) is 29.2 Å². The molecule has 2 N–H and O–H groups in total. The largest absolute Gasteiger partial charge is 0.337 e. The van der Waals surface area contributed by atoms with E-state index in [4.69, 9.17) is 11.6 Å². The van der Waals surface area contributed by atoms with E-state index in [-0.39, 0.29) is 18.3 Å². The first-order valence-electron chi connectivity index (χ1n) is 8.52. The zero-order valence-corrected chi connectivity index (χ0v) is 15.4. The summed E-state index contributed by atoms with van der Waals surface area (Å²) in [7, 11) is 0. The molecule has 0 aliphatic carbocycles. The lowest BCUT2D eigenvalue weighted by molar-refractivity contribution is 0.0752. The van der Waals surface area contributed by atoms with Gasteiger partial charge >= 0.3 is 0 Å². The molecule has 5 nitrogen and oxygen atoms in total. The van der Waals surface area contributed by atoms with Crippen LogP contribution in [-0.4, -0.2) is 47.2 Å². The van der Waals surface area contributed by atoms with E-state index in [2.05, 4.69) is 15.5 Å². The summed E-state index contributed by atoms with van der Waals surface area (Å²) in [5.74, 6) is 1.46. The summed E-state index contributed by atoms with van der Waals surface area (Å²) >= 11 is 6.22. The fraction of sp³-hybridized carbons (Fsp3) is 0.444. The van der Waals surface area contributed by atoms with Crippen LogP contribution in [0.5, 0.6) is 0 Å². The van der Waals surface area contributed by atoms with Gasteiger partial charge in [0.25, 0.3) is 5.91 Å². The molecule has 1 aromatic heterocycles. The normalized spacial score (nSPS) is 22.8. The molecule has 2 saturated heterocycles. The number of aromatic nitrogens is 2. The van der Waals surface area contributed by atoms with Crippen LogP contribution in [0.25, 0.3) is 11.3 Å². The van der Waals surface area contributed by atoms with Gasteiger partial charge in [-0.3, -0.25) is 9.89 Å². The van der Waals surface area contributed by atoms with Gasteiger partial charge in [-0.05, 0) is 49.9 Å². The molecule has 1 amide bonds. The molecule has 134 valence electrons. The lowest BCUT2D eigenvalue weighted by Gasteiger charge is -2.19. The van der Waals surface area contributed by atoms with Gasteiger partial charge in [0.05, 0.1) is 10.7 Å². The summed E-state index contributed by atoms with van der Waals surface area (Å²) in [5.41, 5.74) is 2.08. The highest BCUT2D eigenvalue weighted by Crippen LogP contribution is 2.29. The Labute approximate surface area is 158 Å². The van der Waals surface area contributed by atoms with E-state index in [0.717, 1.165) is 44.6 Å². The second kappa shape index (κ2) is 7.77. The van der Waals surface area contributed by atoms with Crippen molar-refractivity contribution in [3.63, 3.8) is 0 Å². The number of fused-ring (bicyclic) bond motifs is 1. The number of nitrogens with zero attached hydrogens (tertiary/aromatic N) is 2. The molecule has 2 fully saturated rings. The molecule has 0 spiro atoms. The fourth-order valence-corrected chi connectivity index (χ4v) is 4.06. The molecule has 7 heteroatoms. The number of aromatic amines is 1. The van der Waals surface area contributed by atoms with Crippen LogP contribution in [0.1, 0.15) is 23.3 Å². The number of carbonyl (C=O) groups excluding carboxylic acids is 1. The number of nitrogens with one attached hydrogen (secondary N) is 2. The van der Waals surface area contributed by atoms with Crippen LogP contribution in [0.4, 0.5) is 0 Å². The number of H-pyrrole nitrogens is 1. The Bertz CT molecular complexity index is 734. The highest BCUT2D eigenvalue weighted by Gasteiger charge is 2.32. The van der Waals surface area contributed by atoms with Gasteiger partial charge in [0.2, 0.25) is 0 Å². The molecule has 0 unspecified atom stereocenters. The zero-order valence-electron chi connectivity index (χ0n) is 13.9. The third kappa shape index (κ3) is 3.68. The fourth-order valence-electron chi connectivity index (χ4n) is 3.83. The summed E-state index contributed by atoms with van der Waals surface area (Å²) < 4.78 is 0. The third-order valence-electron chi connectivity index (χ3n) is 5.26. The average Bonchev–Trinajstić information content (AvgIpc) is 3.21. The van der Waals surface area contributed by atoms with Crippen molar-refractivity contribution < 1.29 is 4.79 Å². The summed E-state index contributed by atoms with van der Waals surface area (Å²) in [5, 5.41) is 11.3. The van der Waals surface area contributed by atoms with Crippen molar-refractivity contribution >= 4 is 29.9 Å². The molecular weight excluding hydrogens is 359 g/mol. The van der Waals surface area contributed by atoms with Crippen LogP contribution in [0.15, 0.2) is 30.3 Å². The molecule has 2 aliphatic rings. The topological polar surface area (TPSA) is 61.0 Å². The first-order chi connectivity index (χ1) is 11.7. The number of carbonyl (C=O) groups is 1. The van der Waals surface area contributed by atoms with Gasteiger partial charge in [0.15, 0.2) is 0 Å². The van der Waals surface area contributed by atoms with E-state index < -0.39 is 0 Å². The van der Waals surface area contributed by atoms with Crippen molar-refractivity contribution in [2.24, 2.45) is 11.8 Å².